The van der Waals surface area contributed by atoms with Gasteiger partial charge in [0.15, 0.2) is 0 Å². The smallest absolute Gasteiger partial charge is 0.254 e. The van der Waals surface area contributed by atoms with Crippen molar-refractivity contribution in [3.8, 4) is 0 Å². The van der Waals surface area contributed by atoms with Gasteiger partial charge < -0.3 is 20.0 Å². The highest BCUT2D eigenvalue weighted by Crippen LogP contribution is 2.29. The largest absolute Gasteiger partial charge is 0.368 e. The number of carbonyl (C=O) groups excluding carboxylic acids is 1. The highest BCUT2D eigenvalue weighted by atomic mass is 35.5. The lowest BCUT2D eigenvalue weighted by atomic mass is 10.1. The molecule has 1 amide bonds. The van der Waals surface area contributed by atoms with Gasteiger partial charge in [0.05, 0.1) is 17.6 Å². The van der Waals surface area contributed by atoms with Crippen molar-refractivity contribution < 1.29 is 13.2 Å². The van der Waals surface area contributed by atoms with Crippen molar-refractivity contribution in [2.45, 2.75) is 0 Å². The summed E-state index contributed by atoms with van der Waals surface area (Å²) < 4.78 is 26.5. The number of rotatable bonds is 5. The lowest BCUT2D eigenvalue weighted by Gasteiger charge is -2.36. The van der Waals surface area contributed by atoms with Gasteiger partial charge in [0.1, 0.15) is 0 Å². The molecule has 2 aromatic rings. The third-order valence-corrected chi connectivity index (χ3v) is 6.60. The van der Waals surface area contributed by atoms with Crippen LogP contribution in [0, 0.1) is 0 Å². The Balaban J connectivity index is 1.49. The quantitative estimate of drug-likeness (QED) is 0.686. The standard InChI is InChI=1S/C22H28ClN5O3S/c1-32(30,31)25-20-16-17(2-7-21(20)27-10-8-24-9-11-27)22(29)28-14-12-26(13-15-28)19-5-3-18(23)4-6-19/h2-7,16,24-25H,8-15H2,1H3. The minimum atomic E-state index is -3.48. The maximum atomic E-state index is 13.2. The van der Waals surface area contributed by atoms with Gasteiger partial charge in [-0.25, -0.2) is 8.42 Å². The van der Waals surface area contributed by atoms with Crippen molar-refractivity contribution in [3.63, 3.8) is 0 Å². The normalized spacial score (nSPS) is 17.4. The molecule has 2 aliphatic rings. The van der Waals surface area contributed by atoms with Gasteiger partial charge in [-0.15, -0.1) is 0 Å². The van der Waals surface area contributed by atoms with Crippen LogP contribution in [0.4, 0.5) is 17.1 Å². The molecule has 4 rings (SSSR count). The van der Waals surface area contributed by atoms with Gasteiger partial charge in [-0.3, -0.25) is 9.52 Å². The lowest BCUT2D eigenvalue weighted by Crippen LogP contribution is -2.48. The summed E-state index contributed by atoms with van der Waals surface area (Å²) in [6.07, 6.45) is 1.12. The summed E-state index contributed by atoms with van der Waals surface area (Å²) >= 11 is 5.98. The maximum absolute atomic E-state index is 13.2. The molecule has 2 aliphatic heterocycles. The molecule has 2 saturated heterocycles. The highest BCUT2D eigenvalue weighted by Gasteiger charge is 2.24. The Hall–Kier alpha value is -2.49. The van der Waals surface area contributed by atoms with Crippen LogP contribution in [0.2, 0.25) is 5.02 Å². The minimum Gasteiger partial charge on any atom is -0.368 e. The van der Waals surface area contributed by atoms with E-state index in [0.29, 0.717) is 29.4 Å². The van der Waals surface area contributed by atoms with Crippen molar-refractivity contribution in [1.29, 1.82) is 0 Å². The SMILES string of the molecule is CS(=O)(=O)Nc1cc(C(=O)N2CCN(c3ccc(Cl)cc3)CC2)ccc1N1CCNCC1. The van der Waals surface area contributed by atoms with Crippen LogP contribution in [0.5, 0.6) is 0 Å². The summed E-state index contributed by atoms with van der Waals surface area (Å²) in [6, 6.07) is 13.0. The number of benzene rings is 2. The zero-order valence-electron chi connectivity index (χ0n) is 18.1. The molecule has 0 unspecified atom stereocenters. The first-order chi connectivity index (χ1) is 15.3. The summed E-state index contributed by atoms with van der Waals surface area (Å²) in [5, 5.41) is 3.99. The number of nitrogens with zero attached hydrogens (tertiary/aromatic N) is 3. The molecule has 0 radical (unpaired) electrons. The average Bonchev–Trinajstić information content (AvgIpc) is 2.79. The van der Waals surface area contributed by atoms with E-state index in [0.717, 1.165) is 56.9 Å². The van der Waals surface area contributed by atoms with E-state index in [-0.39, 0.29) is 5.91 Å². The van der Waals surface area contributed by atoms with Gasteiger partial charge in [-0.05, 0) is 42.5 Å². The van der Waals surface area contributed by atoms with Gasteiger partial charge in [0.25, 0.3) is 5.91 Å². The molecule has 10 heteroatoms. The number of halogens is 1. The first-order valence-electron chi connectivity index (χ1n) is 10.7. The molecular formula is C22H28ClN5O3S. The molecule has 32 heavy (non-hydrogen) atoms. The first kappa shape index (κ1) is 22.7. The number of piperazine rings is 2. The van der Waals surface area contributed by atoms with Crippen LogP contribution in [0.3, 0.4) is 0 Å². The van der Waals surface area contributed by atoms with Gasteiger partial charge >= 0.3 is 0 Å². The Kier molecular flexibility index (Phi) is 6.78. The fourth-order valence-corrected chi connectivity index (χ4v) is 4.82. The number of anilines is 3. The highest BCUT2D eigenvalue weighted by molar-refractivity contribution is 7.92. The summed E-state index contributed by atoms with van der Waals surface area (Å²) in [5.74, 6) is -0.0934. The predicted molar refractivity (Wildman–Crippen MR) is 130 cm³/mol. The van der Waals surface area contributed by atoms with E-state index < -0.39 is 10.0 Å². The fourth-order valence-electron chi connectivity index (χ4n) is 4.13. The van der Waals surface area contributed by atoms with Crippen LogP contribution in [-0.4, -0.2) is 77.8 Å². The van der Waals surface area contributed by atoms with E-state index in [1.165, 1.54) is 0 Å². The molecule has 0 aliphatic carbocycles. The van der Waals surface area contributed by atoms with Crippen LogP contribution < -0.4 is 19.8 Å². The Morgan fingerprint density at radius 1 is 0.938 bits per heavy atom. The molecule has 2 fully saturated rings. The second-order valence-electron chi connectivity index (χ2n) is 8.10. The van der Waals surface area contributed by atoms with Crippen molar-refractivity contribution in [2.75, 3.05) is 73.1 Å². The zero-order valence-corrected chi connectivity index (χ0v) is 19.6. The summed E-state index contributed by atoms with van der Waals surface area (Å²) in [6.45, 7) is 5.84. The molecule has 0 spiro atoms. The fraction of sp³-hybridized carbons (Fsp3) is 0.409. The van der Waals surface area contributed by atoms with Crippen molar-refractivity contribution in [2.24, 2.45) is 0 Å². The second-order valence-corrected chi connectivity index (χ2v) is 10.3. The van der Waals surface area contributed by atoms with E-state index in [4.69, 9.17) is 11.6 Å². The Morgan fingerprint density at radius 3 is 2.22 bits per heavy atom. The van der Waals surface area contributed by atoms with Crippen molar-refractivity contribution in [1.82, 2.24) is 10.2 Å². The van der Waals surface area contributed by atoms with E-state index >= 15 is 0 Å². The third-order valence-electron chi connectivity index (χ3n) is 5.76. The molecule has 2 heterocycles. The molecule has 2 N–H and O–H groups in total. The molecular weight excluding hydrogens is 450 g/mol. The van der Waals surface area contributed by atoms with Gasteiger partial charge in [0, 0.05) is 68.6 Å². The molecule has 0 saturated carbocycles. The van der Waals surface area contributed by atoms with E-state index in [9.17, 15) is 13.2 Å². The molecule has 2 aromatic carbocycles. The number of nitrogens with one attached hydrogen (secondary N) is 2. The van der Waals surface area contributed by atoms with Gasteiger partial charge in [0.2, 0.25) is 10.0 Å². The van der Waals surface area contributed by atoms with Crippen LogP contribution in [0.1, 0.15) is 10.4 Å². The third kappa shape index (κ3) is 5.46. The van der Waals surface area contributed by atoms with E-state index in [2.05, 4.69) is 19.8 Å². The summed E-state index contributed by atoms with van der Waals surface area (Å²) in [7, 11) is -3.48. The predicted octanol–water partition coefficient (Wildman–Crippen LogP) is 2.08. The Bertz CT molecular complexity index is 1060. The number of amides is 1. The van der Waals surface area contributed by atoms with E-state index in [1.807, 2.05) is 35.2 Å². The molecule has 8 nitrogen and oxygen atoms in total. The minimum absolute atomic E-state index is 0.0934. The summed E-state index contributed by atoms with van der Waals surface area (Å²) in [5.41, 5.74) is 2.80. The molecule has 0 atom stereocenters. The monoisotopic (exact) mass is 477 g/mol. The van der Waals surface area contributed by atoms with Gasteiger partial charge in [-0.2, -0.15) is 0 Å². The van der Waals surface area contributed by atoms with Crippen molar-refractivity contribution in [3.05, 3.63) is 53.1 Å². The van der Waals surface area contributed by atoms with Crippen LogP contribution in [0.15, 0.2) is 42.5 Å². The van der Waals surface area contributed by atoms with Crippen LogP contribution in [-0.2, 0) is 10.0 Å². The summed E-state index contributed by atoms with van der Waals surface area (Å²) in [4.78, 5) is 19.4. The van der Waals surface area contributed by atoms with E-state index in [1.54, 1.807) is 12.1 Å². The molecule has 0 aromatic heterocycles. The lowest BCUT2D eigenvalue weighted by molar-refractivity contribution is 0.0747. The topological polar surface area (TPSA) is 85.0 Å². The average molecular weight is 478 g/mol. The maximum Gasteiger partial charge on any atom is 0.254 e. The Morgan fingerprint density at radius 2 is 1.59 bits per heavy atom. The zero-order chi connectivity index (χ0) is 22.7. The first-order valence-corrected chi connectivity index (χ1v) is 12.9. The van der Waals surface area contributed by atoms with Crippen molar-refractivity contribution >= 4 is 44.6 Å². The molecule has 172 valence electrons. The Labute approximate surface area is 194 Å². The number of sulfonamides is 1. The van der Waals surface area contributed by atoms with Crippen LogP contribution in [0.25, 0.3) is 0 Å². The van der Waals surface area contributed by atoms with Crippen LogP contribution >= 0.6 is 11.6 Å². The number of carbonyl (C=O) groups is 1. The van der Waals surface area contributed by atoms with Gasteiger partial charge in [-0.1, -0.05) is 11.6 Å². The second kappa shape index (κ2) is 9.56. The number of hydrogen-bond acceptors (Lipinski definition) is 6. The number of hydrogen-bond donors (Lipinski definition) is 2. The molecule has 0 bridgehead atoms.